The van der Waals surface area contributed by atoms with Crippen LogP contribution in [0.5, 0.6) is 0 Å². The number of carbonyl (C=O) groups excluding carboxylic acids is 1. The van der Waals surface area contributed by atoms with Crippen LogP contribution in [0.15, 0.2) is 47.4 Å². The van der Waals surface area contributed by atoms with Gasteiger partial charge in [0.25, 0.3) is 5.69 Å². The van der Waals surface area contributed by atoms with Crippen LogP contribution in [0.4, 0.5) is 11.4 Å². The monoisotopic (exact) mass is 411 g/mol. The largest absolute Gasteiger partial charge is 0.378 e. The molecule has 2 aromatic rings. The lowest BCUT2D eigenvalue weighted by Crippen LogP contribution is -2.30. The normalized spacial score (nSPS) is 11.0. The van der Waals surface area contributed by atoms with Gasteiger partial charge in [0.2, 0.25) is 5.91 Å². The number of amides is 1. The number of nitro benzene ring substituents is 1. The van der Waals surface area contributed by atoms with Crippen molar-refractivity contribution in [3.8, 4) is 0 Å². The maximum absolute atomic E-state index is 11.9. The Labute approximate surface area is 161 Å². The number of nitrogens with one attached hydrogen (secondary N) is 2. The Morgan fingerprint density at radius 2 is 1.81 bits per heavy atom. The quantitative estimate of drug-likeness (QED) is 0.391. The number of rotatable bonds is 8. The van der Waals surface area contributed by atoms with Crippen LogP contribution >= 0.6 is 11.6 Å². The summed E-state index contributed by atoms with van der Waals surface area (Å²) in [5, 5.41) is 17.3. The summed E-state index contributed by atoms with van der Waals surface area (Å²) in [5.74, 6) is -0.193. The van der Waals surface area contributed by atoms with Crippen molar-refractivity contribution in [1.29, 1.82) is 0 Å². The van der Waals surface area contributed by atoms with E-state index in [1.54, 1.807) is 24.3 Å². The molecule has 10 heteroatoms. The fraction of sp³-hybridized carbons (Fsp3) is 0.235. The Morgan fingerprint density at radius 3 is 2.41 bits per heavy atom. The molecule has 27 heavy (non-hydrogen) atoms. The molecule has 0 spiro atoms. The van der Waals surface area contributed by atoms with Crippen molar-refractivity contribution in [2.24, 2.45) is 0 Å². The number of benzene rings is 2. The molecular weight excluding hydrogens is 394 g/mol. The van der Waals surface area contributed by atoms with E-state index in [1.807, 2.05) is 0 Å². The number of anilines is 1. The highest BCUT2D eigenvalue weighted by molar-refractivity contribution is 7.90. The third kappa shape index (κ3) is 6.22. The van der Waals surface area contributed by atoms with Crippen molar-refractivity contribution >= 4 is 38.7 Å². The van der Waals surface area contributed by atoms with Crippen LogP contribution in [0.1, 0.15) is 5.56 Å². The highest BCUT2D eigenvalue weighted by Gasteiger charge is 2.18. The SMILES string of the molecule is CS(=O)(=O)c1ccc(NCCNC(=O)Cc2ccc(Cl)cc2)c([N+](=O)[O-])c1. The first-order valence-corrected chi connectivity index (χ1v) is 10.2. The molecule has 0 radical (unpaired) electrons. The molecule has 2 N–H and O–H groups in total. The van der Waals surface area contributed by atoms with Gasteiger partial charge in [-0.1, -0.05) is 23.7 Å². The lowest BCUT2D eigenvalue weighted by Gasteiger charge is -2.09. The highest BCUT2D eigenvalue weighted by Crippen LogP contribution is 2.27. The summed E-state index contributed by atoms with van der Waals surface area (Å²) in [7, 11) is -3.54. The highest BCUT2D eigenvalue weighted by atomic mass is 35.5. The van der Waals surface area contributed by atoms with Crippen molar-refractivity contribution in [2.45, 2.75) is 11.3 Å². The standard InChI is InChI=1S/C17H18ClN3O5S/c1-27(25,26)14-6-7-15(16(11-14)21(23)24)19-8-9-20-17(22)10-12-2-4-13(18)5-3-12/h2-7,11,19H,8-10H2,1H3,(H,20,22). The number of carbonyl (C=O) groups is 1. The van der Waals surface area contributed by atoms with Crippen molar-refractivity contribution in [2.75, 3.05) is 24.7 Å². The number of hydrogen-bond donors (Lipinski definition) is 2. The smallest absolute Gasteiger partial charge is 0.293 e. The van der Waals surface area contributed by atoms with Crippen molar-refractivity contribution in [1.82, 2.24) is 5.32 Å². The fourth-order valence-corrected chi connectivity index (χ4v) is 3.06. The van der Waals surface area contributed by atoms with Gasteiger partial charge in [-0.25, -0.2) is 8.42 Å². The predicted octanol–water partition coefficient (Wildman–Crippen LogP) is 2.42. The Balaban J connectivity index is 1.90. The number of nitrogens with zero attached hydrogens (tertiary/aromatic N) is 1. The molecule has 0 aliphatic heterocycles. The van der Waals surface area contributed by atoms with Crippen LogP contribution in [0.25, 0.3) is 0 Å². The van der Waals surface area contributed by atoms with Crippen LogP contribution in [0.3, 0.4) is 0 Å². The lowest BCUT2D eigenvalue weighted by atomic mass is 10.1. The Morgan fingerprint density at radius 1 is 1.15 bits per heavy atom. The summed E-state index contributed by atoms with van der Waals surface area (Å²) in [6.45, 7) is 0.489. The molecular formula is C17H18ClN3O5S. The summed E-state index contributed by atoms with van der Waals surface area (Å²) in [6, 6.07) is 10.6. The minimum Gasteiger partial charge on any atom is -0.378 e. The molecule has 2 aromatic carbocycles. The minimum atomic E-state index is -3.54. The molecule has 0 aromatic heterocycles. The van der Waals surface area contributed by atoms with Crippen LogP contribution < -0.4 is 10.6 Å². The molecule has 0 fully saturated rings. The van der Waals surface area contributed by atoms with Gasteiger partial charge in [-0.05, 0) is 29.8 Å². The van der Waals surface area contributed by atoms with E-state index < -0.39 is 14.8 Å². The van der Waals surface area contributed by atoms with Crippen LogP contribution in [-0.2, 0) is 21.1 Å². The average Bonchev–Trinajstić information content (AvgIpc) is 2.59. The molecule has 0 aliphatic carbocycles. The van der Waals surface area contributed by atoms with Gasteiger partial charge in [0.15, 0.2) is 9.84 Å². The van der Waals surface area contributed by atoms with Crippen LogP contribution in [0.2, 0.25) is 5.02 Å². The van der Waals surface area contributed by atoms with E-state index in [4.69, 9.17) is 11.6 Å². The first-order chi connectivity index (χ1) is 12.7. The Bertz CT molecular complexity index is 946. The first-order valence-electron chi connectivity index (χ1n) is 7.90. The molecule has 0 bridgehead atoms. The van der Waals surface area contributed by atoms with Crippen LogP contribution in [-0.4, -0.2) is 38.6 Å². The van der Waals surface area contributed by atoms with E-state index in [-0.39, 0.29) is 41.7 Å². The number of halogens is 1. The van der Waals surface area contributed by atoms with Crippen LogP contribution in [0, 0.1) is 10.1 Å². The van der Waals surface area contributed by atoms with Gasteiger partial charge in [-0.2, -0.15) is 0 Å². The predicted molar refractivity (Wildman–Crippen MR) is 103 cm³/mol. The van der Waals surface area contributed by atoms with Crippen molar-refractivity contribution in [3.05, 3.63) is 63.2 Å². The first kappa shape index (κ1) is 20.7. The van der Waals surface area contributed by atoms with Gasteiger partial charge in [-0.15, -0.1) is 0 Å². The maximum Gasteiger partial charge on any atom is 0.293 e. The molecule has 0 unspecified atom stereocenters. The number of hydrogen-bond acceptors (Lipinski definition) is 6. The second-order valence-electron chi connectivity index (χ2n) is 5.79. The zero-order chi connectivity index (χ0) is 20.0. The summed E-state index contributed by atoms with van der Waals surface area (Å²) in [4.78, 5) is 22.3. The molecule has 144 valence electrons. The Hall–Kier alpha value is -2.65. The topological polar surface area (TPSA) is 118 Å². The molecule has 1 amide bonds. The zero-order valence-electron chi connectivity index (χ0n) is 14.4. The Kier molecular flexibility index (Phi) is 6.75. The third-order valence-electron chi connectivity index (χ3n) is 3.63. The zero-order valence-corrected chi connectivity index (χ0v) is 16.0. The summed E-state index contributed by atoms with van der Waals surface area (Å²) >= 11 is 5.79. The summed E-state index contributed by atoms with van der Waals surface area (Å²) in [5.41, 5.74) is 0.654. The molecule has 0 saturated heterocycles. The molecule has 0 aliphatic rings. The number of sulfone groups is 1. The van der Waals surface area contributed by atoms with E-state index in [0.29, 0.717) is 5.02 Å². The van der Waals surface area contributed by atoms with E-state index >= 15 is 0 Å². The van der Waals surface area contributed by atoms with E-state index in [9.17, 15) is 23.3 Å². The van der Waals surface area contributed by atoms with E-state index in [1.165, 1.54) is 12.1 Å². The van der Waals surface area contributed by atoms with Gasteiger partial charge < -0.3 is 10.6 Å². The average molecular weight is 412 g/mol. The van der Waals surface area contributed by atoms with Gasteiger partial charge >= 0.3 is 0 Å². The molecule has 2 rings (SSSR count). The third-order valence-corrected chi connectivity index (χ3v) is 5.00. The molecule has 0 heterocycles. The van der Waals surface area contributed by atoms with Gasteiger partial charge in [0.05, 0.1) is 16.2 Å². The lowest BCUT2D eigenvalue weighted by molar-refractivity contribution is -0.384. The van der Waals surface area contributed by atoms with Crippen molar-refractivity contribution in [3.63, 3.8) is 0 Å². The molecule has 0 saturated carbocycles. The fourth-order valence-electron chi connectivity index (χ4n) is 2.29. The van der Waals surface area contributed by atoms with Gasteiger partial charge in [-0.3, -0.25) is 14.9 Å². The number of nitro groups is 1. The second-order valence-corrected chi connectivity index (χ2v) is 8.24. The minimum absolute atomic E-state index is 0.129. The second kappa shape index (κ2) is 8.83. The van der Waals surface area contributed by atoms with Crippen molar-refractivity contribution < 1.29 is 18.1 Å². The summed E-state index contributed by atoms with van der Waals surface area (Å²) in [6.07, 6.45) is 1.18. The van der Waals surface area contributed by atoms with Gasteiger partial charge in [0.1, 0.15) is 5.69 Å². The van der Waals surface area contributed by atoms with E-state index in [2.05, 4.69) is 10.6 Å². The maximum atomic E-state index is 11.9. The molecule has 8 nitrogen and oxygen atoms in total. The van der Waals surface area contributed by atoms with E-state index in [0.717, 1.165) is 17.9 Å². The molecule has 0 atom stereocenters. The van der Waals surface area contributed by atoms with Gasteiger partial charge in [0, 0.05) is 30.4 Å². The summed E-state index contributed by atoms with van der Waals surface area (Å²) < 4.78 is 23.1.